The summed E-state index contributed by atoms with van der Waals surface area (Å²) >= 11 is 0. The number of rotatable bonds is 5. The SMILES string of the molecule is CC(C)C(C)(C)CNCC1CCN(C(=O)OC(C)(C)C)CC1. The third-order valence-corrected chi connectivity index (χ3v) is 4.84. The van der Waals surface area contributed by atoms with Gasteiger partial charge in [0.25, 0.3) is 0 Å². The van der Waals surface area contributed by atoms with Crippen LogP contribution in [0.5, 0.6) is 0 Å². The molecule has 0 spiro atoms. The number of carbonyl (C=O) groups is 1. The number of piperidine rings is 1. The van der Waals surface area contributed by atoms with Crippen molar-refractivity contribution >= 4 is 6.09 Å². The predicted octanol–water partition coefficient (Wildman–Crippen LogP) is 3.91. The quantitative estimate of drug-likeness (QED) is 0.837. The Labute approximate surface area is 137 Å². The Balaban J connectivity index is 2.27. The van der Waals surface area contributed by atoms with Gasteiger partial charge in [0.1, 0.15) is 5.60 Å². The van der Waals surface area contributed by atoms with Crippen molar-refractivity contribution in [3.05, 3.63) is 0 Å². The van der Waals surface area contributed by atoms with Gasteiger partial charge in [-0.05, 0) is 57.4 Å². The minimum atomic E-state index is -0.405. The van der Waals surface area contributed by atoms with Crippen LogP contribution in [0.3, 0.4) is 0 Å². The van der Waals surface area contributed by atoms with Crippen LogP contribution in [0.1, 0.15) is 61.3 Å². The van der Waals surface area contributed by atoms with Crippen molar-refractivity contribution in [1.82, 2.24) is 10.2 Å². The van der Waals surface area contributed by atoms with Crippen molar-refractivity contribution in [1.29, 1.82) is 0 Å². The van der Waals surface area contributed by atoms with Gasteiger partial charge in [-0.1, -0.05) is 27.7 Å². The van der Waals surface area contributed by atoms with Gasteiger partial charge in [-0.25, -0.2) is 4.79 Å². The summed E-state index contributed by atoms with van der Waals surface area (Å²) in [6.07, 6.45) is 1.96. The van der Waals surface area contributed by atoms with Crippen molar-refractivity contribution in [3.8, 4) is 0 Å². The summed E-state index contributed by atoms with van der Waals surface area (Å²) in [4.78, 5) is 13.9. The van der Waals surface area contributed by atoms with Gasteiger partial charge in [0.2, 0.25) is 0 Å². The lowest BCUT2D eigenvalue weighted by Crippen LogP contribution is -2.44. The van der Waals surface area contributed by atoms with E-state index >= 15 is 0 Å². The lowest BCUT2D eigenvalue weighted by molar-refractivity contribution is 0.0183. The molecule has 0 aliphatic carbocycles. The van der Waals surface area contributed by atoms with Crippen LogP contribution in [0.2, 0.25) is 0 Å². The zero-order valence-corrected chi connectivity index (χ0v) is 15.7. The first-order valence-corrected chi connectivity index (χ1v) is 8.70. The molecule has 1 fully saturated rings. The molecule has 1 aliphatic rings. The zero-order chi connectivity index (χ0) is 17.0. The normalized spacial score (nSPS) is 17.9. The number of amides is 1. The number of carbonyl (C=O) groups excluding carboxylic acids is 1. The van der Waals surface area contributed by atoms with Crippen LogP contribution in [0.25, 0.3) is 0 Å². The van der Waals surface area contributed by atoms with E-state index in [2.05, 4.69) is 33.0 Å². The van der Waals surface area contributed by atoms with E-state index in [-0.39, 0.29) is 6.09 Å². The first kappa shape index (κ1) is 19.3. The Bertz CT molecular complexity index is 351. The molecule has 4 nitrogen and oxygen atoms in total. The summed E-state index contributed by atoms with van der Waals surface area (Å²) in [6, 6.07) is 0. The van der Waals surface area contributed by atoms with E-state index < -0.39 is 5.60 Å². The smallest absolute Gasteiger partial charge is 0.410 e. The summed E-state index contributed by atoms with van der Waals surface area (Å²) in [7, 11) is 0. The number of nitrogens with one attached hydrogen (secondary N) is 1. The summed E-state index contributed by atoms with van der Waals surface area (Å²) < 4.78 is 5.44. The van der Waals surface area contributed by atoms with E-state index in [1.165, 1.54) is 0 Å². The molecule has 22 heavy (non-hydrogen) atoms. The minimum absolute atomic E-state index is 0.167. The van der Waals surface area contributed by atoms with E-state index in [0.717, 1.165) is 39.0 Å². The van der Waals surface area contributed by atoms with E-state index in [0.29, 0.717) is 17.3 Å². The van der Waals surface area contributed by atoms with E-state index in [4.69, 9.17) is 4.74 Å². The third kappa shape index (κ3) is 6.55. The minimum Gasteiger partial charge on any atom is -0.444 e. The molecule has 0 atom stereocenters. The lowest BCUT2D eigenvalue weighted by atomic mass is 9.81. The Morgan fingerprint density at radius 1 is 1.18 bits per heavy atom. The average molecular weight is 312 g/mol. The molecule has 1 rings (SSSR count). The monoisotopic (exact) mass is 312 g/mol. The summed E-state index contributed by atoms with van der Waals surface area (Å²) in [5.41, 5.74) is -0.0743. The molecule has 1 amide bonds. The highest BCUT2D eigenvalue weighted by Gasteiger charge is 2.27. The molecule has 1 N–H and O–H groups in total. The van der Waals surface area contributed by atoms with Crippen molar-refractivity contribution in [3.63, 3.8) is 0 Å². The van der Waals surface area contributed by atoms with Gasteiger partial charge in [-0.2, -0.15) is 0 Å². The van der Waals surface area contributed by atoms with Crippen LogP contribution in [0, 0.1) is 17.3 Å². The third-order valence-electron chi connectivity index (χ3n) is 4.84. The van der Waals surface area contributed by atoms with Gasteiger partial charge in [0, 0.05) is 19.6 Å². The maximum Gasteiger partial charge on any atom is 0.410 e. The molecule has 0 bridgehead atoms. The maximum absolute atomic E-state index is 12.0. The first-order valence-electron chi connectivity index (χ1n) is 8.70. The van der Waals surface area contributed by atoms with Crippen LogP contribution in [-0.4, -0.2) is 42.8 Å². The van der Waals surface area contributed by atoms with Crippen LogP contribution in [-0.2, 0) is 4.74 Å². The van der Waals surface area contributed by atoms with Crippen LogP contribution >= 0.6 is 0 Å². The molecular formula is C18H36N2O2. The number of ether oxygens (including phenoxy) is 1. The lowest BCUT2D eigenvalue weighted by Gasteiger charge is -2.34. The fraction of sp³-hybridized carbons (Fsp3) is 0.944. The Morgan fingerprint density at radius 3 is 2.18 bits per heavy atom. The molecule has 0 aromatic heterocycles. The van der Waals surface area contributed by atoms with Crippen LogP contribution in [0.4, 0.5) is 4.79 Å². The zero-order valence-electron chi connectivity index (χ0n) is 15.7. The fourth-order valence-electron chi connectivity index (χ4n) is 2.45. The maximum atomic E-state index is 12.0. The second kappa shape index (κ2) is 7.67. The topological polar surface area (TPSA) is 41.6 Å². The van der Waals surface area contributed by atoms with Gasteiger partial charge in [-0.15, -0.1) is 0 Å². The Morgan fingerprint density at radius 2 is 1.73 bits per heavy atom. The number of nitrogens with zero attached hydrogens (tertiary/aromatic N) is 1. The highest BCUT2D eigenvalue weighted by atomic mass is 16.6. The molecule has 1 heterocycles. The molecule has 0 unspecified atom stereocenters. The number of hydrogen-bond donors (Lipinski definition) is 1. The average Bonchev–Trinajstić information content (AvgIpc) is 2.37. The van der Waals surface area contributed by atoms with Gasteiger partial charge in [0.15, 0.2) is 0 Å². The van der Waals surface area contributed by atoms with Gasteiger partial charge < -0.3 is 15.0 Å². The largest absolute Gasteiger partial charge is 0.444 e. The van der Waals surface area contributed by atoms with E-state index in [1.54, 1.807) is 0 Å². The number of likely N-dealkylation sites (tertiary alicyclic amines) is 1. The standard InChI is InChI=1S/C18H36N2O2/c1-14(2)18(6,7)13-19-12-15-8-10-20(11-9-15)16(21)22-17(3,4)5/h14-15,19H,8-13H2,1-7H3. The van der Waals surface area contributed by atoms with Gasteiger partial charge in [-0.3, -0.25) is 0 Å². The van der Waals surface area contributed by atoms with Crippen molar-refractivity contribution in [2.75, 3.05) is 26.2 Å². The molecule has 0 aromatic rings. The molecule has 1 aliphatic heterocycles. The summed E-state index contributed by atoms with van der Waals surface area (Å²) in [6.45, 7) is 18.7. The highest BCUT2D eigenvalue weighted by molar-refractivity contribution is 5.68. The van der Waals surface area contributed by atoms with Crippen molar-refractivity contribution in [2.24, 2.45) is 17.3 Å². The fourth-order valence-corrected chi connectivity index (χ4v) is 2.45. The first-order chi connectivity index (χ1) is 10.0. The molecule has 130 valence electrons. The second-order valence-corrected chi connectivity index (χ2v) is 8.68. The molecule has 0 saturated carbocycles. The summed E-state index contributed by atoms with van der Waals surface area (Å²) in [5, 5.41) is 3.62. The van der Waals surface area contributed by atoms with E-state index in [9.17, 15) is 4.79 Å². The van der Waals surface area contributed by atoms with Gasteiger partial charge in [0.05, 0.1) is 0 Å². The molecule has 0 radical (unpaired) electrons. The van der Waals surface area contributed by atoms with Crippen LogP contribution < -0.4 is 5.32 Å². The Hall–Kier alpha value is -0.770. The predicted molar refractivity (Wildman–Crippen MR) is 92.0 cm³/mol. The molecule has 4 heteroatoms. The molecule has 1 saturated heterocycles. The van der Waals surface area contributed by atoms with Crippen molar-refractivity contribution < 1.29 is 9.53 Å². The molecule has 0 aromatic carbocycles. The Kier molecular flexibility index (Phi) is 6.72. The second-order valence-electron chi connectivity index (χ2n) is 8.68. The van der Waals surface area contributed by atoms with Crippen LogP contribution in [0.15, 0.2) is 0 Å². The number of hydrogen-bond acceptors (Lipinski definition) is 3. The highest BCUT2D eigenvalue weighted by Crippen LogP contribution is 2.25. The van der Waals surface area contributed by atoms with Crippen molar-refractivity contribution in [2.45, 2.75) is 66.9 Å². The summed E-state index contributed by atoms with van der Waals surface area (Å²) in [5.74, 6) is 1.34. The van der Waals surface area contributed by atoms with E-state index in [1.807, 2.05) is 25.7 Å². The van der Waals surface area contributed by atoms with Gasteiger partial charge >= 0.3 is 6.09 Å². The molecular weight excluding hydrogens is 276 g/mol.